The van der Waals surface area contributed by atoms with Crippen molar-refractivity contribution in [3.63, 3.8) is 0 Å². The SMILES string of the molecule is Cc1cc(C(CN)CC(=O)O)cnc1Cl. The van der Waals surface area contributed by atoms with Gasteiger partial charge in [0.1, 0.15) is 5.15 Å². The number of nitrogens with two attached hydrogens (primary N) is 1. The van der Waals surface area contributed by atoms with Gasteiger partial charge in [-0.3, -0.25) is 4.79 Å². The molecule has 1 heterocycles. The second-order valence-corrected chi connectivity index (χ2v) is 3.76. The van der Waals surface area contributed by atoms with Crippen LogP contribution in [0.25, 0.3) is 0 Å². The first-order valence-electron chi connectivity index (χ1n) is 4.58. The highest BCUT2D eigenvalue weighted by Gasteiger charge is 2.14. The van der Waals surface area contributed by atoms with Crippen LogP contribution in [0.15, 0.2) is 12.3 Å². The molecule has 5 heteroatoms. The highest BCUT2D eigenvalue weighted by atomic mass is 35.5. The number of carbonyl (C=O) groups is 1. The predicted molar refractivity (Wildman–Crippen MR) is 58.0 cm³/mol. The van der Waals surface area contributed by atoms with Gasteiger partial charge < -0.3 is 10.8 Å². The van der Waals surface area contributed by atoms with Crippen LogP contribution in [0.4, 0.5) is 0 Å². The summed E-state index contributed by atoms with van der Waals surface area (Å²) < 4.78 is 0. The zero-order valence-electron chi connectivity index (χ0n) is 8.40. The molecular formula is C10H13ClN2O2. The highest BCUT2D eigenvalue weighted by Crippen LogP contribution is 2.21. The van der Waals surface area contributed by atoms with E-state index in [2.05, 4.69) is 4.98 Å². The van der Waals surface area contributed by atoms with Crippen molar-refractivity contribution in [2.45, 2.75) is 19.3 Å². The molecule has 0 saturated heterocycles. The predicted octanol–water partition coefficient (Wildman–Crippen LogP) is 1.56. The number of hydrogen-bond donors (Lipinski definition) is 2. The van der Waals surface area contributed by atoms with E-state index in [4.69, 9.17) is 22.4 Å². The maximum absolute atomic E-state index is 10.6. The van der Waals surface area contributed by atoms with Crippen molar-refractivity contribution < 1.29 is 9.90 Å². The van der Waals surface area contributed by atoms with Crippen molar-refractivity contribution in [2.75, 3.05) is 6.54 Å². The molecule has 0 fully saturated rings. The first-order chi connectivity index (χ1) is 7.04. The van der Waals surface area contributed by atoms with Crippen LogP contribution in [0.1, 0.15) is 23.5 Å². The molecule has 0 aliphatic carbocycles. The minimum atomic E-state index is -0.863. The highest BCUT2D eigenvalue weighted by molar-refractivity contribution is 6.30. The van der Waals surface area contributed by atoms with Crippen LogP contribution in [0.5, 0.6) is 0 Å². The van der Waals surface area contributed by atoms with E-state index in [0.717, 1.165) is 11.1 Å². The van der Waals surface area contributed by atoms with Gasteiger partial charge in [-0.2, -0.15) is 0 Å². The molecule has 0 radical (unpaired) electrons. The van der Waals surface area contributed by atoms with Crippen LogP contribution >= 0.6 is 11.6 Å². The Bertz CT molecular complexity index is 368. The van der Waals surface area contributed by atoms with Gasteiger partial charge in [0.2, 0.25) is 0 Å². The third kappa shape index (κ3) is 3.18. The van der Waals surface area contributed by atoms with E-state index in [-0.39, 0.29) is 18.9 Å². The van der Waals surface area contributed by atoms with Gasteiger partial charge in [-0.05, 0) is 24.6 Å². The lowest BCUT2D eigenvalue weighted by Crippen LogP contribution is -2.16. The number of carboxylic acid groups (broad SMARTS) is 1. The van der Waals surface area contributed by atoms with Crippen LogP contribution < -0.4 is 5.73 Å². The summed E-state index contributed by atoms with van der Waals surface area (Å²) in [4.78, 5) is 14.6. The Morgan fingerprint density at radius 2 is 2.40 bits per heavy atom. The topological polar surface area (TPSA) is 76.2 Å². The standard InChI is InChI=1S/C10H13ClN2O2/c1-6-2-8(5-13-10(6)11)7(4-12)3-9(14)15/h2,5,7H,3-4,12H2,1H3,(H,14,15). The maximum Gasteiger partial charge on any atom is 0.304 e. The molecule has 82 valence electrons. The summed E-state index contributed by atoms with van der Waals surface area (Å²) in [7, 11) is 0. The number of carboxylic acids is 1. The van der Waals surface area contributed by atoms with Crippen molar-refractivity contribution in [1.29, 1.82) is 0 Å². The summed E-state index contributed by atoms with van der Waals surface area (Å²) in [5.74, 6) is -1.07. The molecule has 1 aromatic rings. The summed E-state index contributed by atoms with van der Waals surface area (Å²) in [5, 5.41) is 9.13. The molecule has 0 aliphatic heterocycles. The van der Waals surface area contributed by atoms with E-state index >= 15 is 0 Å². The minimum absolute atomic E-state index is 0.0131. The average Bonchev–Trinajstić information content (AvgIpc) is 2.18. The van der Waals surface area contributed by atoms with Crippen LogP contribution in [0, 0.1) is 6.92 Å². The van der Waals surface area contributed by atoms with Crippen molar-refractivity contribution in [2.24, 2.45) is 5.73 Å². The molecule has 3 N–H and O–H groups in total. The van der Waals surface area contributed by atoms with Gasteiger partial charge in [-0.15, -0.1) is 0 Å². The fourth-order valence-corrected chi connectivity index (χ4v) is 1.45. The number of rotatable bonds is 4. The molecule has 1 atom stereocenters. The summed E-state index contributed by atoms with van der Waals surface area (Å²) in [6.07, 6.45) is 1.59. The Morgan fingerprint density at radius 3 is 2.87 bits per heavy atom. The summed E-state index contributed by atoms with van der Waals surface area (Å²) >= 11 is 5.78. The molecule has 4 nitrogen and oxygen atoms in total. The van der Waals surface area contributed by atoms with Crippen molar-refractivity contribution in [1.82, 2.24) is 4.98 Å². The molecule has 0 bridgehead atoms. The molecule has 1 rings (SSSR count). The number of hydrogen-bond acceptors (Lipinski definition) is 3. The summed E-state index contributed by atoms with van der Waals surface area (Å²) in [5.41, 5.74) is 7.17. The molecule has 0 saturated carbocycles. The van der Waals surface area contributed by atoms with Gasteiger partial charge in [-0.25, -0.2) is 4.98 Å². The van der Waals surface area contributed by atoms with E-state index in [1.54, 1.807) is 6.20 Å². The number of nitrogens with zero attached hydrogens (tertiary/aromatic N) is 1. The Kier molecular flexibility index (Phi) is 4.05. The van der Waals surface area contributed by atoms with Crippen LogP contribution in [0.2, 0.25) is 5.15 Å². The zero-order valence-corrected chi connectivity index (χ0v) is 9.16. The molecule has 0 aromatic carbocycles. The molecule has 1 aromatic heterocycles. The third-order valence-electron chi connectivity index (χ3n) is 2.21. The Hall–Kier alpha value is -1.13. The average molecular weight is 229 g/mol. The van der Waals surface area contributed by atoms with Gasteiger partial charge in [-0.1, -0.05) is 17.7 Å². The summed E-state index contributed by atoms with van der Waals surface area (Å²) in [6, 6.07) is 1.83. The van der Waals surface area contributed by atoms with Crippen LogP contribution in [-0.2, 0) is 4.79 Å². The van der Waals surface area contributed by atoms with E-state index in [9.17, 15) is 4.79 Å². The van der Waals surface area contributed by atoms with Gasteiger partial charge >= 0.3 is 5.97 Å². The number of aromatic nitrogens is 1. The van der Waals surface area contributed by atoms with Crippen molar-refractivity contribution in [3.8, 4) is 0 Å². The van der Waals surface area contributed by atoms with Gasteiger partial charge in [0.25, 0.3) is 0 Å². The van der Waals surface area contributed by atoms with Crippen molar-refractivity contribution in [3.05, 3.63) is 28.5 Å². The number of aliphatic carboxylic acids is 1. The smallest absolute Gasteiger partial charge is 0.304 e. The lowest BCUT2D eigenvalue weighted by molar-refractivity contribution is -0.137. The van der Waals surface area contributed by atoms with Crippen LogP contribution in [0.3, 0.4) is 0 Å². The van der Waals surface area contributed by atoms with Gasteiger partial charge in [0.15, 0.2) is 0 Å². The van der Waals surface area contributed by atoms with E-state index in [0.29, 0.717) is 5.15 Å². The van der Waals surface area contributed by atoms with E-state index < -0.39 is 5.97 Å². The molecule has 0 spiro atoms. The first-order valence-corrected chi connectivity index (χ1v) is 4.96. The van der Waals surface area contributed by atoms with Gasteiger partial charge in [0, 0.05) is 12.1 Å². The van der Waals surface area contributed by atoms with E-state index in [1.165, 1.54) is 0 Å². The Morgan fingerprint density at radius 1 is 1.73 bits per heavy atom. The number of halogens is 1. The monoisotopic (exact) mass is 228 g/mol. The second-order valence-electron chi connectivity index (χ2n) is 3.41. The van der Waals surface area contributed by atoms with Crippen molar-refractivity contribution >= 4 is 17.6 Å². The normalized spacial score (nSPS) is 12.5. The number of aryl methyl sites for hydroxylation is 1. The zero-order chi connectivity index (χ0) is 11.4. The molecule has 15 heavy (non-hydrogen) atoms. The maximum atomic E-state index is 10.6. The fraction of sp³-hybridized carbons (Fsp3) is 0.400. The van der Waals surface area contributed by atoms with Crippen LogP contribution in [-0.4, -0.2) is 22.6 Å². The van der Waals surface area contributed by atoms with Gasteiger partial charge in [0.05, 0.1) is 6.42 Å². The largest absolute Gasteiger partial charge is 0.481 e. The number of pyridine rings is 1. The lowest BCUT2D eigenvalue weighted by atomic mass is 9.96. The van der Waals surface area contributed by atoms with E-state index in [1.807, 2.05) is 13.0 Å². The third-order valence-corrected chi connectivity index (χ3v) is 2.61. The summed E-state index contributed by atoms with van der Waals surface area (Å²) in [6.45, 7) is 2.11. The molecular weight excluding hydrogens is 216 g/mol. The Labute approximate surface area is 93.1 Å². The Balaban J connectivity index is 2.92. The fourth-order valence-electron chi connectivity index (χ4n) is 1.35. The minimum Gasteiger partial charge on any atom is -0.481 e. The molecule has 1 unspecified atom stereocenters. The molecule has 0 aliphatic rings. The quantitative estimate of drug-likeness (QED) is 0.767. The first kappa shape index (κ1) is 11.9. The second kappa shape index (κ2) is 5.09. The molecule has 0 amide bonds. The lowest BCUT2D eigenvalue weighted by Gasteiger charge is -2.13.